The Labute approximate surface area is 207 Å². The van der Waals surface area contributed by atoms with Gasteiger partial charge in [0.2, 0.25) is 5.91 Å². The summed E-state index contributed by atoms with van der Waals surface area (Å²) in [4.78, 5) is 47.2. The molecule has 5 rings (SSSR count). The highest BCUT2D eigenvalue weighted by Crippen LogP contribution is 2.38. The quantitative estimate of drug-likeness (QED) is 0.517. The van der Waals surface area contributed by atoms with Crippen molar-refractivity contribution in [1.29, 1.82) is 0 Å². The SMILES string of the molecule is COc1ccc2nc(N(Cc3ccccc3)C(=O)CN3C(=O)NC4(CCCCC4C)C3=O)sc2c1. The van der Waals surface area contributed by atoms with Gasteiger partial charge in [-0.15, -0.1) is 0 Å². The van der Waals surface area contributed by atoms with E-state index in [0.29, 0.717) is 17.3 Å². The second kappa shape index (κ2) is 9.30. The van der Waals surface area contributed by atoms with E-state index in [1.165, 1.54) is 11.3 Å². The zero-order valence-corrected chi connectivity index (χ0v) is 20.6. The lowest BCUT2D eigenvalue weighted by atomic mass is 9.73. The van der Waals surface area contributed by atoms with Crippen molar-refractivity contribution in [3.63, 3.8) is 0 Å². The molecule has 1 aliphatic carbocycles. The molecule has 4 amide bonds. The van der Waals surface area contributed by atoms with Gasteiger partial charge in [0.25, 0.3) is 5.91 Å². The first-order chi connectivity index (χ1) is 16.9. The van der Waals surface area contributed by atoms with Crippen LogP contribution in [-0.2, 0) is 16.1 Å². The minimum absolute atomic E-state index is 0.0347. The summed E-state index contributed by atoms with van der Waals surface area (Å²) in [6.07, 6.45) is 3.41. The molecule has 1 saturated heterocycles. The van der Waals surface area contributed by atoms with Gasteiger partial charge in [-0.3, -0.25) is 19.4 Å². The highest BCUT2D eigenvalue weighted by Gasteiger charge is 2.55. The van der Waals surface area contributed by atoms with Crippen molar-refractivity contribution in [3.8, 4) is 5.75 Å². The molecule has 2 heterocycles. The van der Waals surface area contributed by atoms with Crippen LogP contribution in [0.2, 0.25) is 0 Å². The van der Waals surface area contributed by atoms with Crippen LogP contribution in [0, 0.1) is 5.92 Å². The van der Waals surface area contributed by atoms with Crippen molar-refractivity contribution in [3.05, 3.63) is 54.1 Å². The van der Waals surface area contributed by atoms with E-state index in [-0.39, 0.29) is 30.8 Å². The van der Waals surface area contributed by atoms with E-state index in [9.17, 15) is 14.4 Å². The van der Waals surface area contributed by atoms with E-state index >= 15 is 0 Å². The van der Waals surface area contributed by atoms with Crippen LogP contribution in [0.3, 0.4) is 0 Å². The van der Waals surface area contributed by atoms with Gasteiger partial charge < -0.3 is 10.1 Å². The molecule has 1 N–H and O–H groups in total. The molecule has 0 radical (unpaired) electrons. The number of benzene rings is 2. The maximum atomic E-state index is 13.6. The fourth-order valence-electron chi connectivity index (χ4n) is 5.02. The third kappa shape index (κ3) is 4.25. The van der Waals surface area contributed by atoms with Crippen LogP contribution in [0.4, 0.5) is 9.93 Å². The Balaban J connectivity index is 1.44. The molecule has 1 saturated carbocycles. The largest absolute Gasteiger partial charge is 0.497 e. The van der Waals surface area contributed by atoms with Crippen molar-refractivity contribution in [1.82, 2.24) is 15.2 Å². The van der Waals surface area contributed by atoms with Crippen molar-refractivity contribution in [2.24, 2.45) is 5.92 Å². The maximum absolute atomic E-state index is 13.6. The van der Waals surface area contributed by atoms with Gasteiger partial charge in [-0.1, -0.05) is 61.4 Å². The summed E-state index contributed by atoms with van der Waals surface area (Å²) in [7, 11) is 1.60. The van der Waals surface area contributed by atoms with Crippen molar-refractivity contribution in [2.75, 3.05) is 18.6 Å². The Morgan fingerprint density at radius 3 is 2.77 bits per heavy atom. The number of hydrogen-bond acceptors (Lipinski definition) is 6. The van der Waals surface area contributed by atoms with Crippen LogP contribution in [0.15, 0.2) is 48.5 Å². The summed E-state index contributed by atoms with van der Waals surface area (Å²) in [5.41, 5.74) is 0.778. The van der Waals surface area contributed by atoms with E-state index in [4.69, 9.17) is 4.74 Å². The van der Waals surface area contributed by atoms with E-state index in [2.05, 4.69) is 10.3 Å². The molecule has 2 unspecified atom stereocenters. The van der Waals surface area contributed by atoms with Gasteiger partial charge in [0, 0.05) is 0 Å². The average molecular weight is 493 g/mol. The Morgan fingerprint density at radius 2 is 2.03 bits per heavy atom. The van der Waals surface area contributed by atoms with Crippen LogP contribution in [0.5, 0.6) is 5.75 Å². The highest BCUT2D eigenvalue weighted by molar-refractivity contribution is 7.22. The molecule has 0 bridgehead atoms. The highest BCUT2D eigenvalue weighted by atomic mass is 32.1. The molecule has 2 aliphatic rings. The first kappa shape index (κ1) is 23.3. The van der Waals surface area contributed by atoms with Gasteiger partial charge in [0.15, 0.2) is 5.13 Å². The zero-order chi connectivity index (χ0) is 24.6. The number of hydrogen-bond donors (Lipinski definition) is 1. The number of carbonyl (C=O) groups excluding carboxylic acids is 3. The molecule has 182 valence electrons. The first-order valence-corrected chi connectivity index (χ1v) is 12.7. The third-order valence-corrected chi connectivity index (χ3v) is 8.14. The Kier molecular flexibility index (Phi) is 6.19. The molecule has 2 fully saturated rings. The molecule has 1 aliphatic heterocycles. The van der Waals surface area contributed by atoms with Gasteiger partial charge in [-0.2, -0.15) is 0 Å². The lowest BCUT2D eigenvalue weighted by molar-refractivity contribution is -0.136. The maximum Gasteiger partial charge on any atom is 0.325 e. The summed E-state index contributed by atoms with van der Waals surface area (Å²) in [6, 6.07) is 14.7. The first-order valence-electron chi connectivity index (χ1n) is 11.8. The number of urea groups is 1. The molecule has 35 heavy (non-hydrogen) atoms. The number of amides is 4. The topological polar surface area (TPSA) is 91.8 Å². The normalized spacial score (nSPS) is 22.0. The Hall–Kier alpha value is -3.46. The van der Waals surface area contributed by atoms with Crippen LogP contribution < -0.4 is 15.0 Å². The van der Waals surface area contributed by atoms with Crippen molar-refractivity contribution < 1.29 is 19.1 Å². The zero-order valence-electron chi connectivity index (χ0n) is 19.8. The van der Waals surface area contributed by atoms with Crippen LogP contribution in [0.25, 0.3) is 10.2 Å². The van der Waals surface area contributed by atoms with Gasteiger partial charge in [-0.05, 0) is 42.5 Å². The van der Waals surface area contributed by atoms with E-state index in [0.717, 1.165) is 39.9 Å². The number of ether oxygens (including phenoxy) is 1. The third-order valence-electron chi connectivity index (χ3n) is 7.09. The van der Waals surface area contributed by atoms with E-state index in [1.807, 2.05) is 55.5 Å². The molecule has 1 spiro atoms. The molecule has 3 aromatic rings. The predicted octanol–water partition coefficient (Wildman–Crippen LogP) is 4.34. The van der Waals surface area contributed by atoms with Gasteiger partial charge >= 0.3 is 6.03 Å². The molecular weight excluding hydrogens is 464 g/mol. The number of carbonyl (C=O) groups is 3. The number of methoxy groups -OCH3 is 1. The predicted molar refractivity (Wildman–Crippen MR) is 134 cm³/mol. The number of fused-ring (bicyclic) bond motifs is 1. The summed E-state index contributed by atoms with van der Waals surface area (Å²) in [6.45, 7) is 1.95. The molecular formula is C26H28N4O4S. The molecule has 9 heteroatoms. The number of imide groups is 1. The number of anilines is 1. The monoisotopic (exact) mass is 492 g/mol. The molecule has 2 aromatic carbocycles. The van der Waals surface area contributed by atoms with Crippen LogP contribution >= 0.6 is 11.3 Å². The van der Waals surface area contributed by atoms with Crippen LogP contribution in [0.1, 0.15) is 38.2 Å². The minimum atomic E-state index is -0.897. The summed E-state index contributed by atoms with van der Waals surface area (Å²) >= 11 is 1.37. The Morgan fingerprint density at radius 1 is 1.23 bits per heavy atom. The molecule has 2 atom stereocenters. The number of nitrogens with one attached hydrogen (secondary N) is 1. The van der Waals surface area contributed by atoms with Crippen LogP contribution in [-0.4, -0.2) is 46.9 Å². The standard InChI is InChI=1S/C26H28N4O4S/c1-17-8-6-7-13-26(17)23(32)30(24(33)28-26)16-22(31)29(15-18-9-4-3-5-10-18)25-27-20-12-11-19(34-2)14-21(20)35-25/h3-5,9-12,14,17H,6-8,13,15-16H2,1-2H3,(H,28,33). The molecule has 8 nitrogen and oxygen atoms in total. The lowest BCUT2D eigenvalue weighted by Crippen LogP contribution is -2.54. The average Bonchev–Trinajstić information content (AvgIpc) is 3.39. The van der Waals surface area contributed by atoms with Gasteiger partial charge in [0.1, 0.15) is 17.8 Å². The fraction of sp³-hybridized carbons (Fsp3) is 0.385. The Bertz CT molecular complexity index is 1280. The number of aromatic nitrogens is 1. The van der Waals surface area contributed by atoms with Gasteiger partial charge in [0.05, 0.1) is 23.9 Å². The lowest BCUT2D eigenvalue weighted by Gasteiger charge is -2.36. The smallest absolute Gasteiger partial charge is 0.325 e. The second-order valence-electron chi connectivity index (χ2n) is 9.24. The van der Waals surface area contributed by atoms with E-state index < -0.39 is 11.6 Å². The summed E-state index contributed by atoms with van der Waals surface area (Å²) < 4.78 is 6.20. The van der Waals surface area contributed by atoms with E-state index in [1.54, 1.807) is 12.0 Å². The fourth-order valence-corrected chi connectivity index (χ4v) is 6.03. The van der Waals surface area contributed by atoms with Gasteiger partial charge in [-0.25, -0.2) is 9.78 Å². The summed E-state index contributed by atoms with van der Waals surface area (Å²) in [5, 5.41) is 3.44. The van der Waals surface area contributed by atoms with Crippen molar-refractivity contribution >= 4 is 44.5 Å². The minimum Gasteiger partial charge on any atom is -0.497 e. The number of rotatable bonds is 6. The van der Waals surface area contributed by atoms with Crippen molar-refractivity contribution in [2.45, 2.75) is 44.7 Å². The summed E-state index contributed by atoms with van der Waals surface area (Å²) in [5.74, 6) is 0.0907. The number of nitrogens with zero attached hydrogens (tertiary/aromatic N) is 3. The number of thiazole rings is 1. The second-order valence-corrected chi connectivity index (χ2v) is 10.2. The molecule has 1 aromatic heterocycles.